The van der Waals surface area contributed by atoms with Gasteiger partial charge in [0.05, 0.1) is 11.8 Å². The number of benzene rings is 1. The normalized spacial score (nSPS) is 21.9. The molecule has 2 atom stereocenters. The minimum absolute atomic E-state index is 0.252. The molecule has 0 bridgehead atoms. The van der Waals surface area contributed by atoms with Crippen molar-refractivity contribution in [3.05, 3.63) is 58.9 Å². The summed E-state index contributed by atoms with van der Waals surface area (Å²) in [7, 11) is 0. The van der Waals surface area contributed by atoms with Crippen LogP contribution < -0.4 is 0 Å². The van der Waals surface area contributed by atoms with Gasteiger partial charge >= 0.3 is 0 Å². The molecule has 0 radical (unpaired) electrons. The molecular formula is C15H14N2OS. The Morgan fingerprint density at radius 2 is 2.26 bits per heavy atom. The van der Waals surface area contributed by atoms with Crippen LogP contribution in [-0.4, -0.2) is 14.5 Å². The third kappa shape index (κ3) is 1.79. The van der Waals surface area contributed by atoms with Crippen LogP contribution in [0.2, 0.25) is 0 Å². The molecule has 3 aromatic rings. The number of thiazole rings is 1. The average Bonchev–Trinajstić information content (AvgIpc) is 3.05. The lowest BCUT2D eigenvalue weighted by Crippen LogP contribution is -2.10. The zero-order chi connectivity index (χ0) is 12.8. The van der Waals surface area contributed by atoms with Gasteiger partial charge in [-0.15, -0.1) is 11.3 Å². The van der Waals surface area contributed by atoms with E-state index in [2.05, 4.69) is 21.6 Å². The molecule has 1 aliphatic rings. The van der Waals surface area contributed by atoms with Crippen LogP contribution in [0.15, 0.2) is 42.0 Å². The van der Waals surface area contributed by atoms with Gasteiger partial charge in [-0.3, -0.25) is 4.40 Å². The lowest BCUT2D eigenvalue weighted by atomic mass is 9.98. The van der Waals surface area contributed by atoms with Gasteiger partial charge in [-0.1, -0.05) is 24.3 Å². The standard InChI is InChI=1S/C15H14N2OS/c18-14-11(7-10-3-1-2-4-13(10)14)8-12-9-17-5-6-19-15(17)16-12/h1-6,9,11,14,18H,7-8H2. The summed E-state index contributed by atoms with van der Waals surface area (Å²) in [6.45, 7) is 0. The number of hydrogen-bond acceptors (Lipinski definition) is 3. The Hall–Kier alpha value is -1.65. The summed E-state index contributed by atoms with van der Waals surface area (Å²) in [5, 5.41) is 12.4. The molecular weight excluding hydrogens is 256 g/mol. The van der Waals surface area contributed by atoms with Crippen LogP contribution in [0.1, 0.15) is 22.9 Å². The number of aliphatic hydroxyl groups excluding tert-OH is 1. The van der Waals surface area contributed by atoms with Gasteiger partial charge in [0.15, 0.2) is 4.96 Å². The van der Waals surface area contributed by atoms with Crippen LogP contribution in [-0.2, 0) is 12.8 Å². The van der Waals surface area contributed by atoms with E-state index < -0.39 is 0 Å². The SMILES string of the molecule is OC1c2ccccc2CC1Cc1cn2ccsc2n1. The van der Waals surface area contributed by atoms with Gasteiger partial charge in [-0.2, -0.15) is 0 Å². The van der Waals surface area contributed by atoms with Crippen molar-refractivity contribution >= 4 is 16.3 Å². The van der Waals surface area contributed by atoms with E-state index in [1.807, 2.05) is 29.8 Å². The predicted octanol–water partition coefficient (Wildman–Crippen LogP) is 2.84. The molecule has 1 N–H and O–H groups in total. The van der Waals surface area contributed by atoms with Crippen LogP contribution in [0.5, 0.6) is 0 Å². The number of imidazole rings is 1. The molecule has 1 aromatic carbocycles. The largest absolute Gasteiger partial charge is 0.388 e. The topological polar surface area (TPSA) is 37.5 Å². The molecule has 3 nitrogen and oxygen atoms in total. The second-order valence-electron chi connectivity index (χ2n) is 5.14. The van der Waals surface area contributed by atoms with E-state index in [0.29, 0.717) is 0 Å². The quantitative estimate of drug-likeness (QED) is 0.777. The summed E-state index contributed by atoms with van der Waals surface area (Å²) in [6.07, 6.45) is 5.53. The van der Waals surface area contributed by atoms with Crippen molar-refractivity contribution in [1.29, 1.82) is 0 Å². The molecule has 0 fully saturated rings. The molecule has 19 heavy (non-hydrogen) atoms. The van der Waals surface area contributed by atoms with E-state index in [1.54, 1.807) is 11.3 Å². The second-order valence-corrected chi connectivity index (χ2v) is 6.01. The van der Waals surface area contributed by atoms with Crippen molar-refractivity contribution in [2.75, 3.05) is 0 Å². The Kier molecular flexibility index (Phi) is 2.47. The third-order valence-electron chi connectivity index (χ3n) is 3.92. The predicted molar refractivity (Wildman–Crippen MR) is 75.4 cm³/mol. The number of hydrogen-bond donors (Lipinski definition) is 1. The maximum absolute atomic E-state index is 10.4. The summed E-state index contributed by atoms with van der Waals surface area (Å²) in [5.41, 5.74) is 3.44. The molecule has 0 spiro atoms. The first-order chi connectivity index (χ1) is 9.31. The second kappa shape index (κ2) is 4.18. The van der Waals surface area contributed by atoms with Crippen molar-refractivity contribution in [3.63, 3.8) is 0 Å². The zero-order valence-corrected chi connectivity index (χ0v) is 11.2. The number of nitrogens with zero attached hydrogens (tertiary/aromatic N) is 2. The van der Waals surface area contributed by atoms with Gasteiger partial charge in [0, 0.05) is 17.8 Å². The zero-order valence-electron chi connectivity index (χ0n) is 10.4. The Bertz CT molecular complexity index is 702. The summed E-state index contributed by atoms with van der Waals surface area (Å²) >= 11 is 1.64. The monoisotopic (exact) mass is 270 g/mol. The molecule has 96 valence electrons. The van der Waals surface area contributed by atoms with E-state index in [1.165, 1.54) is 5.56 Å². The molecule has 4 heteroatoms. The molecule has 0 saturated carbocycles. The van der Waals surface area contributed by atoms with E-state index in [-0.39, 0.29) is 12.0 Å². The van der Waals surface area contributed by atoms with Crippen LogP contribution in [0, 0.1) is 5.92 Å². The van der Waals surface area contributed by atoms with Crippen molar-refractivity contribution in [1.82, 2.24) is 9.38 Å². The highest BCUT2D eigenvalue weighted by atomic mass is 32.1. The molecule has 1 aliphatic carbocycles. The average molecular weight is 270 g/mol. The fourth-order valence-electron chi connectivity index (χ4n) is 2.98. The summed E-state index contributed by atoms with van der Waals surface area (Å²) in [4.78, 5) is 5.63. The summed E-state index contributed by atoms with van der Waals surface area (Å²) < 4.78 is 2.05. The minimum atomic E-state index is -0.351. The van der Waals surface area contributed by atoms with Gasteiger partial charge in [-0.05, 0) is 29.9 Å². The number of rotatable bonds is 2. The Morgan fingerprint density at radius 3 is 3.11 bits per heavy atom. The first kappa shape index (κ1) is 11.2. The van der Waals surface area contributed by atoms with Gasteiger partial charge in [-0.25, -0.2) is 4.98 Å². The molecule has 4 rings (SSSR count). The van der Waals surface area contributed by atoms with Gasteiger partial charge < -0.3 is 5.11 Å². The molecule has 0 saturated heterocycles. The lowest BCUT2D eigenvalue weighted by Gasteiger charge is -2.13. The number of fused-ring (bicyclic) bond motifs is 2. The van der Waals surface area contributed by atoms with Crippen LogP contribution in [0.3, 0.4) is 0 Å². The highest BCUT2D eigenvalue weighted by molar-refractivity contribution is 7.15. The van der Waals surface area contributed by atoms with Crippen molar-refractivity contribution in [2.45, 2.75) is 18.9 Å². The molecule has 2 aromatic heterocycles. The van der Waals surface area contributed by atoms with Crippen LogP contribution >= 0.6 is 11.3 Å². The number of aromatic nitrogens is 2. The van der Waals surface area contributed by atoms with Gasteiger partial charge in [0.2, 0.25) is 0 Å². The third-order valence-corrected chi connectivity index (χ3v) is 4.69. The highest BCUT2D eigenvalue weighted by Gasteiger charge is 2.31. The lowest BCUT2D eigenvalue weighted by molar-refractivity contribution is 0.123. The van der Waals surface area contributed by atoms with Crippen molar-refractivity contribution in [3.8, 4) is 0 Å². The fraction of sp³-hybridized carbons (Fsp3) is 0.267. The van der Waals surface area contributed by atoms with Crippen LogP contribution in [0.25, 0.3) is 4.96 Å². The van der Waals surface area contributed by atoms with E-state index in [9.17, 15) is 5.11 Å². The molecule has 2 unspecified atom stereocenters. The van der Waals surface area contributed by atoms with Gasteiger partial charge in [0.25, 0.3) is 0 Å². The van der Waals surface area contributed by atoms with Crippen molar-refractivity contribution in [2.24, 2.45) is 5.92 Å². The summed E-state index contributed by atoms with van der Waals surface area (Å²) in [5.74, 6) is 0.252. The van der Waals surface area contributed by atoms with Gasteiger partial charge in [0.1, 0.15) is 0 Å². The van der Waals surface area contributed by atoms with E-state index in [4.69, 9.17) is 0 Å². The first-order valence-corrected chi connectivity index (χ1v) is 7.36. The smallest absolute Gasteiger partial charge is 0.193 e. The van der Waals surface area contributed by atoms with E-state index >= 15 is 0 Å². The van der Waals surface area contributed by atoms with Crippen LogP contribution in [0.4, 0.5) is 0 Å². The Balaban J connectivity index is 1.60. The Morgan fingerprint density at radius 1 is 1.37 bits per heavy atom. The highest BCUT2D eigenvalue weighted by Crippen LogP contribution is 2.37. The van der Waals surface area contributed by atoms with E-state index in [0.717, 1.165) is 29.1 Å². The maximum Gasteiger partial charge on any atom is 0.193 e. The minimum Gasteiger partial charge on any atom is -0.388 e. The Labute approximate surface area is 115 Å². The first-order valence-electron chi connectivity index (χ1n) is 6.48. The fourth-order valence-corrected chi connectivity index (χ4v) is 3.70. The summed E-state index contributed by atoms with van der Waals surface area (Å²) in [6, 6.07) is 8.19. The number of aliphatic hydroxyl groups is 1. The van der Waals surface area contributed by atoms with Crippen molar-refractivity contribution < 1.29 is 5.11 Å². The molecule has 2 heterocycles. The maximum atomic E-state index is 10.4. The molecule has 0 aliphatic heterocycles. The molecule has 0 amide bonds.